The van der Waals surface area contributed by atoms with Crippen molar-refractivity contribution in [3.05, 3.63) is 11.5 Å². The van der Waals surface area contributed by atoms with Crippen LogP contribution in [0.1, 0.15) is 40.0 Å². The number of nitrogens with one attached hydrogen (secondary N) is 1. The molecule has 104 valence electrons. The van der Waals surface area contributed by atoms with E-state index in [0.29, 0.717) is 23.0 Å². The molecule has 0 radical (unpaired) electrons. The van der Waals surface area contributed by atoms with Crippen LogP contribution in [0.2, 0.25) is 5.28 Å². The fourth-order valence-corrected chi connectivity index (χ4v) is 4.42. The molecule has 1 aromatic heterocycles. The number of rotatable bonds is 2. The molecule has 0 aliphatic heterocycles. The Kier molecular flexibility index (Phi) is 2.72. The predicted octanol–water partition coefficient (Wildman–Crippen LogP) is 3.34. The normalized spacial score (nSPS) is 35.6. The maximum absolute atomic E-state index is 5.95. The van der Waals surface area contributed by atoms with Crippen LogP contribution in [-0.4, -0.2) is 16.0 Å². The van der Waals surface area contributed by atoms with Gasteiger partial charge in [0.2, 0.25) is 5.28 Å². The van der Waals surface area contributed by atoms with Gasteiger partial charge in [0.1, 0.15) is 0 Å². The summed E-state index contributed by atoms with van der Waals surface area (Å²) in [6, 6.07) is 0.381. The van der Waals surface area contributed by atoms with Crippen molar-refractivity contribution in [2.75, 3.05) is 11.1 Å². The van der Waals surface area contributed by atoms with Gasteiger partial charge in [-0.25, -0.2) is 4.98 Å². The second-order valence-corrected chi connectivity index (χ2v) is 7.27. The van der Waals surface area contributed by atoms with E-state index in [9.17, 15) is 0 Å². The van der Waals surface area contributed by atoms with E-state index in [0.717, 1.165) is 5.92 Å². The average molecular weight is 281 g/mol. The van der Waals surface area contributed by atoms with Gasteiger partial charge >= 0.3 is 0 Å². The Bertz CT molecular complexity index is 511. The molecule has 1 aromatic rings. The molecule has 3 N–H and O–H groups in total. The molecule has 3 atom stereocenters. The van der Waals surface area contributed by atoms with Crippen molar-refractivity contribution >= 4 is 23.1 Å². The Hall–Kier alpha value is -1.03. The quantitative estimate of drug-likeness (QED) is 0.816. The van der Waals surface area contributed by atoms with Gasteiger partial charge in [-0.15, -0.1) is 0 Å². The Morgan fingerprint density at radius 2 is 2.16 bits per heavy atom. The van der Waals surface area contributed by atoms with E-state index in [1.54, 1.807) is 6.20 Å². The summed E-state index contributed by atoms with van der Waals surface area (Å²) in [5.74, 6) is 1.46. The van der Waals surface area contributed by atoms with Gasteiger partial charge in [0.25, 0.3) is 0 Å². The molecule has 2 fully saturated rings. The largest absolute Gasteiger partial charge is 0.394 e. The van der Waals surface area contributed by atoms with E-state index in [4.69, 9.17) is 17.3 Å². The lowest BCUT2D eigenvalue weighted by Gasteiger charge is -2.43. The summed E-state index contributed by atoms with van der Waals surface area (Å²) in [6.07, 6.45) is 5.47. The van der Waals surface area contributed by atoms with E-state index >= 15 is 0 Å². The van der Waals surface area contributed by atoms with Gasteiger partial charge in [-0.05, 0) is 47.6 Å². The number of hydrogen-bond donors (Lipinski definition) is 2. The lowest BCUT2D eigenvalue weighted by Crippen LogP contribution is -2.46. The van der Waals surface area contributed by atoms with E-state index in [2.05, 4.69) is 36.1 Å². The van der Waals surface area contributed by atoms with Crippen LogP contribution < -0.4 is 11.1 Å². The van der Waals surface area contributed by atoms with Crippen molar-refractivity contribution < 1.29 is 0 Å². The number of fused-ring (bicyclic) bond motifs is 2. The smallest absolute Gasteiger partial charge is 0.224 e. The third kappa shape index (κ3) is 1.88. The number of nitrogen functional groups attached to an aromatic ring is 1. The van der Waals surface area contributed by atoms with Crippen LogP contribution in [0.25, 0.3) is 0 Å². The first-order valence-corrected chi connectivity index (χ1v) is 7.25. The van der Waals surface area contributed by atoms with E-state index in [-0.39, 0.29) is 10.7 Å². The molecule has 0 amide bonds. The lowest BCUT2D eigenvalue weighted by molar-refractivity contribution is 0.155. The predicted molar refractivity (Wildman–Crippen MR) is 78.1 cm³/mol. The minimum Gasteiger partial charge on any atom is -0.394 e. The van der Waals surface area contributed by atoms with Crippen molar-refractivity contribution in [1.82, 2.24) is 9.97 Å². The monoisotopic (exact) mass is 280 g/mol. The third-order valence-electron chi connectivity index (χ3n) is 5.34. The summed E-state index contributed by atoms with van der Waals surface area (Å²) in [5, 5.41) is 3.79. The highest BCUT2D eigenvalue weighted by Gasteiger charge is 2.59. The highest BCUT2D eigenvalue weighted by Crippen LogP contribution is 2.63. The molecule has 5 heteroatoms. The molecule has 19 heavy (non-hydrogen) atoms. The minimum absolute atomic E-state index is 0.239. The highest BCUT2D eigenvalue weighted by molar-refractivity contribution is 6.28. The van der Waals surface area contributed by atoms with Gasteiger partial charge in [0.15, 0.2) is 5.82 Å². The standard InChI is InChI=1S/C14H21ClN4/c1-13(2)8-4-5-14(3,6-8)11(13)18-10-9(16)7-17-12(15)19-10/h7-8,11H,4-6,16H2,1-3H3,(H,17,18,19). The summed E-state index contributed by atoms with van der Waals surface area (Å²) in [6.45, 7) is 7.07. The van der Waals surface area contributed by atoms with Crippen molar-refractivity contribution in [2.45, 2.75) is 46.1 Å². The second-order valence-electron chi connectivity index (χ2n) is 6.94. The van der Waals surface area contributed by atoms with Crippen molar-refractivity contribution in [2.24, 2.45) is 16.7 Å². The molecule has 4 nitrogen and oxygen atoms in total. The number of anilines is 2. The Labute approximate surface area is 119 Å². The first-order chi connectivity index (χ1) is 8.83. The molecular weight excluding hydrogens is 260 g/mol. The first kappa shape index (κ1) is 13.0. The number of aromatic nitrogens is 2. The average Bonchev–Trinajstić information content (AvgIpc) is 2.80. The zero-order valence-corrected chi connectivity index (χ0v) is 12.5. The van der Waals surface area contributed by atoms with Crippen molar-refractivity contribution in [1.29, 1.82) is 0 Å². The van der Waals surface area contributed by atoms with Gasteiger partial charge in [0.05, 0.1) is 11.9 Å². The minimum atomic E-state index is 0.239. The van der Waals surface area contributed by atoms with Crippen LogP contribution in [-0.2, 0) is 0 Å². The van der Waals surface area contributed by atoms with Crippen LogP contribution in [0, 0.1) is 16.7 Å². The molecule has 0 saturated heterocycles. The molecule has 0 spiro atoms. The molecule has 3 rings (SSSR count). The fourth-order valence-electron chi connectivity index (χ4n) is 4.28. The summed E-state index contributed by atoms with van der Waals surface area (Å²) in [7, 11) is 0. The van der Waals surface area contributed by atoms with Gasteiger partial charge < -0.3 is 11.1 Å². The number of nitrogens with two attached hydrogens (primary N) is 1. The summed E-state index contributed by atoms with van der Waals surface area (Å²) < 4.78 is 0. The molecule has 0 aromatic carbocycles. The number of hydrogen-bond acceptors (Lipinski definition) is 4. The topological polar surface area (TPSA) is 63.8 Å². The summed E-state index contributed by atoms with van der Waals surface area (Å²) >= 11 is 5.87. The number of halogens is 1. The van der Waals surface area contributed by atoms with Gasteiger partial charge in [0, 0.05) is 6.04 Å². The summed E-state index contributed by atoms with van der Waals surface area (Å²) in [5.41, 5.74) is 7.11. The zero-order chi connectivity index (χ0) is 13.8. The van der Waals surface area contributed by atoms with E-state index in [1.807, 2.05) is 0 Å². The van der Waals surface area contributed by atoms with Crippen molar-refractivity contribution in [3.8, 4) is 0 Å². The highest BCUT2D eigenvalue weighted by atomic mass is 35.5. The third-order valence-corrected chi connectivity index (χ3v) is 5.52. The van der Waals surface area contributed by atoms with Gasteiger partial charge in [-0.2, -0.15) is 4.98 Å². The molecule has 3 unspecified atom stereocenters. The number of nitrogens with zero attached hydrogens (tertiary/aromatic N) is 2. The summed E-state index contributed by atoms with van der Waals surface area (Å²) in [4.78, 5) is 8.14. The van der Waals surface area contributed by atoms with Crippen LogP contribution in [0.5, 0.6) is 0 Å². The maximum Gasteiger partial charge on any atom is 0.224 e. The molecule has 2 aliphatic rings. The van der Waals surface area contributed by atoms with Crippen LogP contribution in [0.4, 0.5) is 11.5 Å². The maximum atomic E-state index is 5.95. The first-order valence-electron chi connectivity index (χ1n) is 6.87. The molecule has 2 saturated carbocycles. The fraction of sp³-hybridized carbons (Fsp3) is 0.714. The Morgan fingerprint density at radius 3 is 2.79 bits per heavy atom. The molecule has 1 heterocycles. The van der Waals surface area contributed by atoms with Crippen molar-refractivity contribution in [3.63, 3.8) is 0 Å². The molecule has 2 aliphatic carbocycles. The van der Waals surface area contributed by atoms with Gasteiger partial charge in [-0.1, -0.05) is 20.8 Å². The van der Waals surface area contributed by atoms with Crippen LogP contribution in [0.15, 0.2) is 6.20 Å². The van der Waals surface area contributed by atoms with E-state index in [1.165, 1.54) is 19.3 Å². The lowest BCUT2D eigenvalue weighted by atomic mass is 9.68. The molecule has 2 bridgehead atoms. The zero-order valence-electron chi connectivity index (χ0n) is 11.7. The molecular formula is C14H21ClN4. The van der Waals surface area contributed by atoms with Crippen LogP contribution in [0.3, 0.4) is 0 Å². The van der Waals surface area contributed by atoms with E-state index < -0.39 is 0 Å². The van der Waals surface area contributed by atoms with Gasteiger partial charge in [-0.3, -0.25) is 0 Å². The Balaban J connectivity index is 1.92. The SMILES string of the molecule is CC12CCC(C1)C(C)(C)C2Nc1nc(Cl)ncc1N. The second kappa shape index (κ2) is 3.98. The van der Waals surface area contributed by atoms with Crippen LogP contribution >= 0.6 is 11.6 Å². The Morgan fingerprint density at radius 1 is 1.42 bits per heavy atom.